The van der Waals surface area contributed by atoms with E-state index < -0.39 is 17.8 Å². The van der Waals surface area contributed by atoms with Gasteiger partial charge in [-0.15, -0.1) is 0 Å². The molecule has 0 saturated carbocycles. The lowest BCUT2D eigenvalue weighted by atomic mass is 10.0. The molecule has 0 unspecified atom stereocenters. The number of urea groups is 1. The van der Waals surface area contributed by atoms with Crippen LogP contribution in [-0.4, -0.2) is 12.6 Å². The number of alkyl halides is 3. The third kappa shape index (κ3) is 15.1. The molecular formula is C26H43F3N2O. The van der Waals surface area contributed by atoms with Crippen molar-refractivity contribution in [1.82, 2.24) is 5.32 Å². The minimum Gasteiger partial charge on any atom is -0.338 e. The van der Waals surface area contributed by atoms with E-state index in [0.29, 0.717) is 6.54 Å². The first-order valence-corrected chi connectivity index (χ1v) is 12.7. The number of hydrogen-bond donors (Lipinski definition) is 2. The van der Waals surface area contributed by atoms with Crippen molar-refractivity contribution in [3.63, 3.8) is 0 Å². The highest BCUT2D eigenvalue weighted by atomic mass is 19.4. The number of anilines is 1. The highest BCUT2D eigenvalue weighted by molar-refractivity contribution is 5.89. The lowest BCUT2D eigenvalue weighted by Crippen LogP contribution is -2.29. The number of carbonyl (C=O) groups excluding carboxylic acids is 1. The van der Waals surface area contributed by atoms with Crippen molar-refractivity contribution >= 4 is 11.7 Å². The van der Waals surface area contributed by atoms with Gasteiger partial charge in [-0.25, -0.2) is 4.79 Å². The molecule has 0 radical (unpaired) electrons. The van der Waals surface area contributed by atoms with E-state index in [9.17, 15) is 18.0 Å². The summed E-state index contributed by atoms with van der Waals surface area (Å²) in [6.07, 6.45) is 16.3. The maximum atomic E-state index is 12.7. The molecule has 6 heteroatoms. The van der Waals surface area contributed by atoms with E-state index >= 15 is 0 Å². The molecule has 2 amide bonds. The molecule has 1 aromatic rings. The Labute approximate surface area is 192 Å². The van der Waals surface area contributed by atoms with Crippen LogP contribution in [0.1, 0.15) is 115 Å². The number of benzene rings is 1. The van der Waals surface area contributed by atoms with Crippen molar-refractivity contribution in [2.24, 2.45) is 0 Å². The summed E-state index contributed by atoms with van der Waals surface area (Å²) < 4.78 is 38.1. The predicted molar refractivity (Wildman–Crippen MR) is 128 cm³/mol. The maximum absolute atomic E-state index is 12.7. The minimum atomic E-state index is -4.41. The van der Waals surface area contributed by atoms with Crippen molar-refractivity contribution in [1.29, 1.82) is 0 Å². The SMILES string of the molecule is CCCCCCCCCCCCCCCCCCNC(=O)Nc1cccc(C(F)(F)F)c1. The number of halogens is 3. The molecule has 32 heavy (non-hydrogen) atoms. The van der Waals surface area contributed by atoms with Crippen LogP contribution in [0, 0.1) is 0 Å². The molecule has 0 bridgehead atoms. The summed E-state index contributed by atoms with van der Waals surface area (Å²) in [4.78, 5) is 11.8. The highest BCUT2D eigenvalue weighted by Crippen LogP contribution is 2.30. The zero-order valence-electron chi connectivity index (χ0n) is 19.9. The topological polar surface area (TPSA) is 41.1 Å². The molecule has 3 nitrogen and oxygen atoms in total. The monoisotopic (exact) mass is 456 g/mol. The fourth-order valence-electron chi connectivity index (χ4n) is 3.82. The summed E-state index contributed by atoms with van der Waals surface area (Å²) in [5.74, 6) is 0. The van der Waals surface area contributed by atoms with E-state index in [4.69, 9.17) is 0 Å². The van der Waals surface area contributed by atoms with Gasteiger partial charge in [0.15, 0.2) is 0 Å². The molecule has 1 aromatic carbocycles. The van der Waals surface area contributed by atoms with Crippen LogP contribution in [0.25, 0.3) is 0 Å². The number of hydrogen-bond acceptors (Lipinski definition) is 1. The van der Waals surface area contributed by atoms with E-state index in [1.807, 2.05) is 0 Å². The zero-order chi connectivity index (χ0) is 23.5. The largest absolute Gasteiger partial charge is 0.416 e. The number of unbranched alkanes of at least 4 members (excludes halogenated alkanes) is 15. The van der Waals surface area contributed by atoms with Crippen LogP contribution in [0.4, 0.5) is 23.7 Å². The van der Waals surface area contributed by atoms with Crippen LogP contribution in [0.5, 0.6) is 0 Å². The summed E-state index contributed by atoms with van der Waals surface area (Å²) in [5, 5.41) is 5.17. The van der Waals surface area contributed by atoms with Crippen molar-refractivity contribution in [3.8, 4) is 0 Å². The van der Waals surface area contributed by atoms with E-state index in [-0.39, 0.29) is 5.69 Å². The summed E-state index contributed by atoms with van der Waals surface area (Å²) in [7, 11) is 0. The fraction of sp³-hybridized carbons (Fsp3) is 0.731. The molecular weight excluding hydrogens is 413 g/mol. The number of amides is 2. The van der Waals surface area contributed by atoms with Crippen molar-refractivity contribution in [3.05, 3.63) is 29.8 Å². The summed E-state index contributed by atoms with van der Waals surface area (Å²) in [6, 6.07) is 4.19. The van der Waals surface area contributed by atoms with E-state index in [0.717, 1.165) is 31.4 Å². The van der Waals surface area contributed by atoms with Crippen LogP contribution < -0.4 is 10.6 Å². The van der Waals surface area contributed by atoms with Gasteiger partial charge in [-0.2, -0.15) is 13.2 Å². The normalized spacial score (nSPS) is 11.5. The molecule has 184 valence electrons. The molecule has 0 aromatic heterocycles. The first-order valence-electron chi connectivity index (χ1n) is 12.7. The van der Waals surface area contributed by atoms with Crippen LogP contribution in [-0.2, 0) is 6.18 Å². The zero-order valence-corrected chi connectivity index (χ0v) is 19.9. The average Bonchev–Trinajstić information content (AvgIpc) is 2.75. The molecule has 0 aliphatic rings. The van der Waals surface area contributed by atoms with Crippen LogP contribution >= 0.6 is 0 Å². The van der Waals surface area contributed by atoms with Gasteiger partial charge in [0.1, 0.15) is 0 Å². The molecule has 0 aliphatic heterocycles. The molecule has 0 fully saturated rings. The standard InChI is InChI=1S/C26H43F3N2O/c1-2-3-4-5-6-7-8-9-10-11-12-13-14-15-16-17-21-30-25(32)31-24-20-18-19-23(22-24)26(27,28)29/h18-20,22H,2-17,21H2,1H3,(H2,30,31,32). The van der Waals surface area contributed by atoms with Gasteiger partial charge in [0.05, 0.1) is 5.56 Å². The Morgan fingerprint density at radius 3 is 1.69 bits per heavy atom. The number of rotatable bonds is 18. The van der Waals surface area contributed by atoms with Gasteiger partial charge in [0.25, 0.3) is 0 Å². The molecule has 0 saturated heterocycles. The average molecular weight is 457 g/mol. The van der Waals surface area contributed by atoms with Gasteiger partial charge in [-0.1, -0.05) is 109 Å². The second-order valence-electron chi connectivity index (χ2n) is 8.76. The Morgan fingerprint density at radius 1 is 0.750 bits per heavy atom. The highest BCUT2D eigenvalue weighted by Gasteiger charge is 2.30. The first-order chi connectivity index (χ1) is 15.4. The van der Waals surface area contributed by atoms with Gasteiger partial charge < -0.3 is 10.6 Å². The van der Waals surface area contributed by atoms with Gasteiger partial charge in [-0.3, -0.25) is 0 Å². The van der Waals surface area contributed by atoms with Crippen molar-refractivity contribution < 1.29 is 18.0 Å². The number of carbonyl (C=O) groups is 1. The van der Waals surface area contributed by atoms with E-state index in [1.54, 1.807) is 0 Å². The van der Waals surface area contributed by atoms with Gasteiger partial charge in [0, 0.05) is 12.2 Å². The molecule has 0 aliphatic carbocycles. The molecule has 1 rings (SSSR count). The third-order valence-electron chi connectivity index (χ3n) is 5.76. The second kappa shape index (κ2) is 17.8. The Hall–Kier alpha value is -1.72. The van der Waals surface area contributed by atoms with Crippen molar-refractivity contribution in [2.45, 2.75) is 116 Å². The first kappa shape index (κ1) is 28.3. The summed E-state index contributed by atoms with van der Waals surface area (Å²) >= 11 is 0. The van der Waals surface area contributed by atoms with Crippen molar-refractivity contribution in [2.75, 3.05) is 11.9 Å². The second-order valence-corrected chi connectivity index (χ2v) is 8.76. The molecule has 0 spiro atoms. The van der Waals surface area contributed by atoms with Gasteiger partial charge >= 0.3 is 12.2 Å². The Balaban J connectivity index is 1.89. The van der Waals surface area contributed by atoms with Gasteiger partial charge in [-0.05, 0) is 24.6 Å². The third-order valence-corrected chi connectivity index (χ3v) is 5.76. The lowest BCUT2D eigenvalue weighted by molar-refractivity contribution is -0.137. The van der Waals surface area contributed by atoms with Crippen LogP contribution in [0.3, 0.4) is 0 Å². The molecule has 0 heterocycles. The quantitative estimate of drug-likeness (QED) is 0.212. The Bertz CT molecular complexity index is 605. The van der Waals surface area contributed by atoms with Crippen LogP contribution in [0.15, 0.2) is 24.3 Å². The summed E-state index contributed by atoms with van der Waals surface area (Å²) in [5.41, 5.74) is -0.627. The lowest BCUT2D eigenvalue weighted by Gasteiger charge is -2.10. The van der Waals surface area contributed by atoms with Crippen LogP contribution in [0.2, 0.25) is 0 Å². The smallest absolute Gasteiger partial charge is 0.338 e. The minimum absolute atomic E-state index is 0.143. The summed E-state index contributed by atoms with van der Waals surface area (Å²) in [6.45, 7) is 2.79. The van der Waals surface area contributed by atoms with Gasteiger partial charge in [0.2, 0.25) is 0 Å². The van der Waals surface area contributed by atoms with E-state index in [1.165, 1.54) is 95.6 Å². The predicted octanol–water partition coefficient (Wildman–Crippen LogP) is 9.09. The molecule has 0 atom stereocenters. The fourth-order valence-corrected chi connectivity index (χ4v) is 3.82. The van der Waals surface area contributed by atoms with E-state index in [2.05, 4.69) is 17.6 Å². The Kier molecular flexibility index (Phi) is 15.7. The Morgan fingerprint density at radius 2 is 1.22 bits per heavy atom. The molecule has 2 N–H and O–H groups in total. The number of nitrogens with one attached hydrogen (secondary N) is 2. The maximum Gasteiger partial charge on any atom is 0.416 e.